The number of carbonyl (C=O) groups excluding carboxylic acids is 2. The summed E-state index contributed by atoms with van der Waals surface area (Å²) < 4.78 is 30.4. The summed E-state index contributed by atoms with van der Waals surface area (Å²) >= 11 is 0. The number of esters is 1. The van der Waals surface area contributed by atoms with Crippen LogP contribution in [0.3, 0.4) is 0 Å². The molecule has 2 heterocycles. The molecule has 6 nitrogen and oxygen atoms in total. The number of carbonyl (C=O) groups is 2. The molecule has 0 aromatic heterocycles. The highest BCUT2D eigenvalue weighted by atomic mass is 32.2. The lowest BCUT2D eigenvalue weighted by atomic mass is 9.84. The van der Waals surface area contributed by atoms with Crippen LogP contribution >= 0.6 is 0 Å². The summed E-state index contributed by atoms with van der Waals surface area (Å²) in [6.07, 6.45) is 0.987. The predicted octanol–water partition coefficient (Wildman–Crippen LogP) is 2.54. The number of hydrogen-bond acceptors (Lipinski definition) is 5. The zero-order valence-corrected chi connectivity index (χ0v) is 16.2. The van der Waals surface area contributed by atoms with Crippen molar-refractivity contribution in [1.29, 1.82) is 0 Å². The fraction of sp³-hybridized carbons (Fsp3) is 0.333. The summed E-state index contributed by atoms with van der Waals surface area (Å²) in [4.78, 5) is 26.6. The molecule has 4 rings (SSSR count). The molecule has 2 aliphatic rings. The van der Waals surface area contributed by atoms with E-state index in [9.17, 15) is 18.0 Å². The fourth-order valence-electron chi connectivity index (χ4n) is 3.96. The number of benzene rings is 2. The van der Waals surface area contributed by atoms with E-state index in [0.29, 0.717) is 31.5 Å². The number of ether oxygens (including phenoxy) is 1. The molecule has 1 spiro atoms. The van der Waals surface area contributed by atoms with Crippen molar-refractivity contribution in [2.75, 3.05) is 18.8 Å². The first-order valence-electron chi connectivity index (χ1n) is 9.30. The smallest absolute Gasteiger partial charge is 0.339 e. The van der Waals surface area contributed by atoms with E-state index in [-0.39, 0.29) is 28.9 Å². The van der Waals surface area contributed by atoms with Gasteiger partial charge in [0.05, 0.1) is 16.2 Å². The van der Waals surface area contributed by atoms with E-state index in [1.165, 1.54) is 12.1 Å². The second-order valence-electron chi connectivity index (χ2n) is 7.19. The quantitative estimate of drug-likeness (QED) is 0.738. The highest BCUT2D eigenvalue weighted by Gasteiger charge is 2.47. The monoisotopic (exact) mass is 399 g/mol. The van der Waals surface area contributed by atoms with Gasteiger partial charge in [-0.15, -0.1) is 0 Å². The third-order valence-corrected chi connectivity index (χ3v) is 7.27. The fourth-order valence-corrected chi connectivity index (χ4v) is 5.21. The second-order valence-corrected chi connectivity index (χ2v) is 9.30. The Hall–Kier alpha value is -2.67. The van der Waals surface area contributed by atoms with Crippen molar-refractivity contribution in [3.63, 3.8) is 0 Å². The van der Waals surface area contributed by atoms with Gasteiger partial charge in [0, 0.05) is 37.9 Å². The molecule has 28 heavy (non-hydrogen) atoms. The van der Waals surface area contributed by atoms with Crippen LogP contribution in [-0.4, -0.2) is 44.0 Å². The molecule has 1 fully saturated rings. The van der Waals surface area contributed by atoms with E-state index in [2.05, 4.69) is 0 Å². The first-order valence-corrected chi connectivity index (χ1v) is 10.9. The van der Waals surface area contributed by atoms with Crippen LogP contribution in [0.2, 0.25) is 0 Å². The largest absolute Gasteiger partial charge is 0.450 e. The minimum Gasteiger partial charge on any atom is -0.450 e. The summed E-state index contributed by atoms with van der Waals surface area (Å²) in [6.45, 7) is 0.873. The van der Waals surface area contributed by atoms with E-state index in [1.54, 1.807) is 29.2 Å². The van der Waals surface area contributed by atoms with Crippen LogP contribution in [0, 0.1) is 0 Å². The number of piperidine rings is 1. The Labute approximate surface area is 164 Å². The second kappa shape index (κ2) is 7.05. The molecule has 2 aromatic rings. The molecule has 146 valence electrons. The maximum absolute atomic E-state index is 12.5. The molecule has 2 aliphatic heterocycles. The van der Waals surface area contributed by atoms with Crippen molar-refractivity contribution in [3.8, 4) is 0 Å². The first-order chi connectivity index (χ1) is 13.4. The average Bonchev–Trinajstić information content (AvgIpc) is 2.99. The molecular formula is C21H21NO5S. The van der Waals surface area contributed by atoms with E-state index >= 15 is 0 Å². The lowest BCUT2D eigenvalue weighted by molar-refractivity contribution is -0.135. The Morgan fingerprint density at radius 1 is 1.00 bits per heavy atom. The SMILES string of the molecule is O=C1OC2(CCN(C(=O)CCS(=O)(=O)c3ccccc3)CC2)c2ccccc21. The standard InChI is InChI=1S/C21H21NO5S/c23-19(10-15-28(25,26)16-6-2-1-3-7-16)22-13-11-21(12-14-22)18-9-5-4-8-17(18)20(24)27-21/h1-9H,10-15H2. The van der Waals surface area contributed by atoms with E-state index in [4.69, 9.17) is 4.74 Å². The van der Waals surface area contributed by atoms with Gasteiger partial charge in [-0.05, 0) is 18.2 Å². The third kappa shape index (κ3) is 3.30. The van der Waals surface area contributed by atoms with Crippen molar-refractivity contribution in [2.45, 2.75) is 29.8 Å². The molecule has 1 amide bonds. The molecule has 0 radical (unpaired) electrons. The van der Waals surface area contributed by atoms with Gasteiger partial charge < -0.3 is 9.64 Å². The van der Waals surface area contributed by atoms with Gasteiger partial charge in [0.2, 0.25) is 5.91 Å². The number of amides is 1. The molecule has 0 bridgehead atoms. The van der Waals surface area contributed by atoms with Gasteiger partial charge in [0.15, 0.2) is 9.84 Å². The summed E-state index contributed by atoms with van der Waals surface area (Å²) in [5.74, 6) is -0.716. The van der Waals surface area contributed by atoms with Crippen molar-refractivity contribution in [3.05, 3.63) is 65.7 Å². The number of likely N-dealkylation sites (tertiary alicyclic amines) is 1. The Balaban J connectivity index is 1.38. The number of fused-ring (bicyclic) bond motifs is 2. The normalized spacial score (nSPS) is 18.0. The highest BCUT2D eigenvalue weighted by molar-refractivity contribution is 7.91. The van der Waals surface area contributed by atoms with Crippen molar-refractivity contribution in [2.24, 2.45) is 0 Å². The Morgan fingerprint density at radius 2 is 1.64 bits per heavy atom. The minimum atomic E-state index is -3.48. The van der Waals surface area contributed by atoms with Crippen LogP contribution in [0.1, 0.15) is 35.2 Å². The zero-order valence-electron chi connectivity index (χ0n) is 15.3. The number of sulfone groups is 1. The van der Waals surface area contributed by atoms with Crippen LogP contribution in [-0.2, 0) is 25.0 Å². The molecule has 7 heteroatoms. The van der Waals surface area contributed by atoms with Gasteiger partial charge in [-0.2, -0.15) is 0 Å². The van der Waals surface area contributed by atoms with Gasteiger partial charge in [0.25, 0.3) is 0 Å². The average molecular weight is 399 g/mol. The summed E-state index contributed by atoms with van der Waals surface area (Å²) in [5.41, 5.74) is 0.815. The molecule has 0 aliphatic carbocycles. The highest BCUT2D eigenvalue weighted by Crippen LogP contribution is 2.43. The van der Waals surface area contributed by atoms with Gasteiger partial charge in [0.1, 0.15) is 5.60 Å². The third-order valence-electron chi connectivity index (χ3n) is 5.54. The van der Waals surface area contributed by atoms with Gasteiger partial charge in [-0.1, -0.05) is 36.4 Å². The van der Waals surface area contributed by atoms with Crippen LogP contribution in [0.5, 0.6) is 0 Å². The Kier molecular flexibility index (Phi) is 4.71. The van der Waals surface area contributed by atoms with E-state index in [1.807, 2.05) is 18.2 Å². The molecule has 0 saturated carbocycles. The van der Waals surface area contributed by atoms with Crippen LogP contribution in [0.25, 0.3) is 0 Å². The molecule has 0 unspecified atom stereocenters. The summed E-state index contributed by atoms with van der Waals surface area (Å²) in [7, 11) is -3.48. The molecule has 2 aromatic carbocycles. The molecule has 0 atom stereocenters. The maximum Gasteiger partial charge on any atom is 0.339 e. The summed E-state index contributed by atoms with van der Waals surface area (Å²) in [5, 5.41) is 0. The number of hydrogen-bond donors (Lipinski definition) is 0. The van der Waals surface area contributed by atoms with Gasteiger partial charge >= 0.3 is 5.97 Å². The lowest BCUT2D eigenvalue weighted by Gasteiger charge is -2.38. The number of nitrogens with zero attached hydrogens (tertiary/aromatic N) is 1. The maximum atomic E-state index is 12.5. The van der Waals surface area contributed by atoms with E-state index in [0.717, 1.165) is 5.56 Å². The van der Waals surface area contributed by atoms with E-state index < -0.39 is 15.4 Å². The Bertz CT molecular complexity index is 1010. The lowest BCUT2D eigenvalue weighted by Crippen LogP contribution is -2.45. The minimum absolute atomic E-state index is 0.0550. The van der Waals surface area contributed by atoms with Crippen molar-refractivity contribution in [1.82, 2.24) is 4.90 Å². The zero-order chi connectivity index (χ0) is 19.8. The first kappa shape index (κ1) is 18.7. The molecular weight excluding hydrogens is 378 g/mol. The predicted molar refractivity (Wildman–Crippen MR) is 102 cm³/mol. The van der Waals surface area contributed by atoms with Crippen LogP contribution in [0.15, 0.2) is 59.5 Å². The van der Waals surface area contributed by atoms with Gasteiger partial charge in [-0.3, -0.25) is 4.79 Å². The molecule has 0 N–H and O–H groups in total. The van der Waals surface area contributed by atoms with Crippen molar-refractivity contribution < 1.29 is 22.7 Å². The topological polar surface area (TPSA) is 80.8 Å². The van der Waals surface area contributed by atoms with Crippen LogP contribution in [0.4, 0.5) is 0 Å². The van der Waals surface area contributed by atoms with Crippen molar-refractivity contribution >= 4 is 21.7 Å². The van der Waals surface area contributed by atoms with Crippen LogP contribution < -0.4 is 0 Å². The van der Waals surface area contributed by atoms with Gasteiger partial charge in [-0.25, -0.2) is 13.2 Å². The Morgan fingerprint density at radius 3 is 2.36 bits per heavy atom. The number of rotatable bonds is 4. The summed E-state index contributed by atoms with van der Waals surface area (Å²) in [6, 6.07) is 15.5. The molecule has 1 saturated heterocycles.